The molecule has 0 unspecified atom stereocenters. The van der Waals surface area contributed by atoms with Gasteiger partial charge in [-0.1, -0.05) is 42.5 Å². The lowest BCUT2D eigenvalue weighted by molar-refractivity contribution is 0.628. The molecule has 24 heavy (non-hydrogen) atoms. The van der Waals surface area contributed by atoms with Crippen molar-refractivity contribution < 1.29 is 4.39 Å². The lowest BCUT2D eigenvalue weighted by Gasteiger charge is -2.11. The third-order valence-electron chi connectivity index (χ3n) is 4.06. The highest BCUT2D eigenvalue weighted by Gasteiger charge is 2.08. The number of nitrogens with one attached hydrogen (secondary N) is 1. The molecule has 0 atom stereocenters. The van der Waals surface area contributed by atoms with Crippen molar-refractivity contribution in [1.82, 2.24) is 0 Å². The van der Waals surface area contributed by atoms with Crippen LogP contribution >= 0.6 is 0 Å². The lowest BCUT2D eigenvalue weighted by atomic mass is 10.0. The van der Waals surface area contributed by atoms with Gasteiger partial charge in [0.1, 0.15) is 5.82 Å². The van der Waals surface area contributed by atoms with Crippen molar-refractivity contribution in [2.45, 2.75) is 13.8 Å². The van der Waals surface area contributed by atoms with Crippen LogP contribution in [0.15, 0.2) is 77.9 Å². The Hall–Kier alpha value is -2.94. The second kappa shape index (κ2) is 7.09. The van der Waals surface area contributed by atoms with E-state index in [9.17, 15) is 4.39 Å². The first kappa shape index (κ1) is 15.9. The van der Waals surface area contributed by atoms with Crippen LogP contribution in [0, 0.1) is 19.7 Å². The van der Waals surface area contributed by atoms with Crippen LogP contribution < -0.4 is 5.43 Å². The zero-order valence-electron chi connectivity index (χ0n) is 13.8. The largest absolute Gasteiger partial charge is 0.278 e. The average molecular weight is 318 g/mol. The fourth-order valence-electron chi connectivity index (χ4n) is 2.49. The van der Waals surface area contributed by atoms with E-state index in [4.69, 9.17) is 0 Å². The fraction of sp³-hybridized carbons (Fsp3) is 0.0952. The van der Waals surface area contributed by atoms with Crippen molar-refractivity contribution >= 4 is 11.4 Å². The van der Waals surface area contributed by atoms with Crippen molar-refractivity contribution in [2.75, 3.05) is 5.43 Å². The minimum Gasteiger partial charge on any atom is -0.278 e. The predicted octanol–water partition coefficient (Wildman–Crippen LogP) is 5.31. The molecule has 3 aromatic carbocycles. The van der Waals surface area contributed by atoms with Gasteiger partial charge in [0.2, 0.25) is 0 Å². The molecule has 3 aromatic rings. The zero-order chi connectivity index (χ0) is 16.9. The molecule has 0 aliphatic heterocycles. The number of hydrazone groups is 1. The topological polar surface area (TPSA) is 24.4 Å². The van der Waals surface area contributed by atoms with Crippen LogP contribution in [0.1, 0.15) is 22.3 Å². The normalized spacial score (nSPS) is 11.4. The summed E-state index contributed by atoms with van der Waals surface area (Å²) in [7, 11) is 0. The minimum absolute atomic E-state index is 0.256. The Morgan fingerprint density at radius 3 is 2.17 bits per heavy atom. The highest BCUT2D eigenvalue weighted by atomic mass is 19.1. The maximum Gasteiger partial charge on any atom is 0.123 e. The molecule has 2 nitrogen and oxygen atoms in total. The second-order valence-electron chi connectivity index (χ2n) is 5.69. The van der Waals surface area contributed by atoms with Gasteiger partial charge in [-0.05, 0) is 55.3 Å². The molecule has 0 aliphatic carbocycles. The second-order valence-corrected chi connectivity index (χ2v) is 5.69. The van der Waals surface area contributed by atoms with E-state index < -0.39 is 0 Å². The maximum atomic E-state index is 13.2. The summed E-state index contributed by atoms with van der Waals surface area (Å²) in [6.07, 6.45) is 0. The lowest BCUT2D eigenvalue weighted by Crippen LogP contribution is -2.07. The molecule has 3 heteroatoms. The van der Waals surface area contributed by atoms with Crippen molar-refractivity contribution in [3.63, 3.8) is 0 Å². The Morgan fingerprint density at radius 1 is 0.792 bits per heavy atom. The molecule has 0 bridgehead atoms. The fourth-order valence-corrected chi connectivity index (χ4v) is 2.49. The average Bonchev–Trinajstić information content (AvgIpc) is 2.61. The van der Waals surface area contributed by atoms with E-state index in [0.717, 1.165) is 28.1 Å². The van der Waals surface area contributed by atoms with E-state index in [1.54, 1.807) is 12.1 Å². The van der Waals surface area contributed by atoms with Gasteiger partial charge in [-0.25, -0.2) is 4.39 Å². The van der Waals surface area contributed by atoms with E-state index in [1.807, 2.05) is 42.5 Å². The third-order valence-corrected chi connectivity index (χ3v) is 4.06. The Bertz CT molecular complexity index is 853. The first-order chi connectivity index (χ1) is 11.6. The maximum absolute atomic E-state index is 13.2. The molecule has 3 rings (SSSR count). The number of anilines is 1. The molecule has 0 heterocycles. The van der Waals surface area contributed by atoms with Gasteiger partial charge >= 0.3 is 0 Å². The van der Waals surface area contributed by atoms with E-state index in [1.165, 1.54) is 17.7 Å². The molecule has 120 valence electrons. The molecule has 1 N–H and O–H groups in total. The Labute approximate surface area is 141 Å². The zero-order valence-corrected chi connectivity index (χ0v) is 13.8. The summed E-state index contributed by atoms with van der Waals surface area (Å²) < 4.78 is 13.2. The summed E-state index contributed by atoms with van der Waals surface area (Å²) in [5.41, 5.74) is 9.10. The van der Waals surface area contributed by atoms with Crippen LogP contribution in [0.2, 0.25) is 0 Å². The van der Waals surface area contributed by atoms with Crippen molar-refractivity contribution in [1.29, 1.82) is 0 Å². The highest BCUT2D eigenvalue weighted by molar-refractivity contribution is 6.13. The molecule has 0 fully saturated rings. The number of halogens is 1. The number of hydrogen-bond acceptors (Lipinski definition) is 2. The van der Waals surface area contributed by atoms with Gasteiger partial charge in [0, 0.05) is 11.1 Å². The summed E-state index contributed by atoms with van der Waals surface area (Å²) in [5.74, 6) is -0.256. The Morgan fingerprint density at radius 2 is 1.46 bits per heavy atom. The number of aryl methyl sites for hydroxylation is 1. The SMILES string of the molecule is Cc1cccc(N/N=C(\c2ccccc2)c2ccc(F)cc2)c1C. The molecule has 0 saturated carbocycles. The highest BCUT2D eigenvalue weighted by Crippen LogP contribution is 2.19. The monoisotopic (exact) mass is 318 g/mol. The molecule has 0 aromatic heterocycles. The Kier molecular flexibility index (Phi) is 4.71. The van der Waals surface area contributed by atoms with Crippen LogP contribution in [-0.4, -0.2) is 5.71 Å². The summed E-state index contributed by atoms with van der Waals surface area (Å²) in [6, 6.07) is 22.3. The summed E-state index contributed by atoms with van der Waals surface area (Å²) >= 11 is 0. The van der Waals surface area contributed by atoms with Crippen LogP contribution in [0.25, 0.3) is 0 Å². The van der Waals surface area contributed by atoms with Crippen molar-refractivity contribution in [3.8, 4) is 0 Å². The molecular formula is C21H19FN2. The first-order valence-electron chi connectivity index (χ1n) is 7.86. The van der Waals surface area contributed by atoms with Gasteiger partial charge in [-0.15, -0.1) is 0 Å². The standard InChI is InChI=1S/C21H19FN2/c1-15-7-6-10-20(16(15)2)23-24-21(17-8-4-3-5-9-17)18-11-13-19(22)14-12-18/h3-14,23H,1-2H3/b24-21+. The summed E-state index contributed by atoms with van der Waals surface area (Å²) in [6.45, 7) is 4.13. The van der Waals surface area contributed by atoms with Crippen molar-refractivity contribution in [2.24, 2.45) is 5.10 Å². The molecule has 0 radical (unpaired) electrons. The molecule has 0 saturated heterocycles. The Balaban J connectivity index is 2.01. The van der Waals surface area contributed by atoms with E-state index in [2.05, 4.69) is 30.4 Å². The summed E-state index contributed by atoms with van der Waals surface area (Å²) in [5, 5.41) is 4.61. The number of hydrogen-bond donors (Lipinski definition) is 1. The number of nitrogens with zero attached hydrogens (tertiary/aromatic N) is 1. The third kappa shape index (κ3) is 3.51. The number of rotatable bonds is 4. The molecule has 0 amide bonds. The quantitative estimate of drug-likeness (QED) is 0.512. The van der Waals surface area contributed by atoms with E-state index in [-0.39, 0.29) is 5.82 Å². The van der Waals surface area contributed by atoms with Crippen LogP contribution in [0.3, 0.4) is 0 Å². The van der Waals surface area contributed by atoms with Gasteiger partial charge in [0.25, 0.3) is 0 Å². The number of benzene rings is 3. The van der Waals surface area contributed by atoms with Gasteiger partial charge in [0.15, 0.2) is 0 Å². The van der Waals surface area contributed by atoms with Crippen LogP contribution in [-0.2, 0) is 0 Å². The summed E-state index contributed by atoms with van der Waals surface area (Å²) in [4.78, 5) is 0. The van der Waals surface area contributed by atoms with Crippen LogP contribution in [0.4, 0.5) is 10.1 Å². The van der Waals surface area contributed by atoms with Gasteiger partial charge in [-0.3, -0.25) is 5.43 Å². The van der Waals surface area contributed by atoms with Crippen LogP contribution in [0.5, 0.6) is 0 Å². The molecule has 0 aliphatic rings. The van der Waals surface area contributed by atoms with Gasteiger partial charge in [-0.2, -0.15) is 5.10 Å². The van der Waals surface area contributed by atoms with Gasteiger partial charge in [0.05, 0.1) is 11.4 Å². The van der Waals surface area contributed by atoms with Gasteiger partial charge < -0.3 is 0 Å². The smallest absolute Gasteiger partial charge is 0.123 e. The van der Waals surface area contributed by atoms with E-state index in [0.29, 0.717) is 0 Å². The predicted molar refractivity (Wildman–Crippen MR) is 98.0 cm³/mol. The molecule has 0 spiro atoms. The minimum atomic E-state index is -0.256. The van der Waals surface area contributed by atoms with Crippen molar-refractivity contribution in [3.05, 3.63) is 101 Å². The molecular weight excluding hydrogens is 299 g/mol. The van der Waals surface area contributed by atoms with E-state index >= 15 is 0 Å². The first-order valence-corrected chi connectivity index (χ1v) is 7.86.